The molecule has 0 heterocycles. The second-order valence-electron chi connectivity index (χ2n) is 2.23. The van der Waals surface area contributed by atoms with Gasteiger partial charge in [0.1, 0.15) is 0 Å². The fraction of sp³-hybridized carbons (Fsp3) is 0.273. The van der Waals surface area contributed by atoms with Crippen molar-refractivity contribution in [3.05, 3.63) is 36.0 Å². The minimum atomic E-state index is 0.902. The molecule has 0 atom stereocenters. The summed E-state index contributed by atoms with van der Waals surface area (Å²) < 4.78 is 0. The number of hydrogen-bond donors (Lipinski definition) is 0. The monoisotopic (exact) mass is 146 g/mol. The second kappa shape index (κ2) is 5.56. The molecule has 0 aromatic rings. The maximum Gasteiger partial charge on any atom is 0.0200 e. The fourth-order valence-electron chi connectivity index (χ4n) is 0.553. The third-order valence-electron chi connectivity index (χ3n) is 1.43. The van der Waals surface area contributed by atoms with Gasteiger partial charge in [-0.3, -0.25) is 0 Å². The number of terminal acetylenes is 1. The van der Waals surface area contributed by atoms with Crippen LogP contribution in [0.1, 0.15) is 20.3 Å². The van der Waals surface area contributed by atoms with Crippen LogP contribution in [-0.4, -0.2) is 0 Å². The third-order valence-corrected chi connectivity index (χ3v) is 1.43. The molecule has 0 amide bonds. The molecular formula is C11H14. The van der Waals surface area contributed by atoms with Crippen LogP contribution in [0.5, 0.6) is 0 Å². The Hall–Kier alpha value is -1.22. The quantitative estimate of drug-likeness (QED) is 0.424. The number of rotatable bonds is 3. The van der Waals surface area contributed by atoms with E-state index in [0.717, 1.165) is 17.6 Å². The van der Waals surface area contributed by atoms with Crippen molar-refractivity contribution in [3.8, 4) is 12.3 Å². The van der Waals surface area contributed by atoms with E-state index in [2.05, 4.69) is 19.4 Å². The van der Waals surface area contributed by atoms with Crippen LogP contribution in [0.25, 0.3) is 0 Å². The first-order chi connectivity index (χ1) is 5.24. The summed E-state index contributed by atoms with van der Waals surface area (Å²) in [6, 6.07) is 0. The van der Waals surface area contributed by atoms with E-state index in [4.69, 9.17) is 6.42 Å². The van der Waals surface area contributed by atoms with Crippen LogP contribution in [0.3, 0.4) is 0 Å². The van der Waals surface area contributed by atoms with Crippen LogP contribution in [0.15, 0.2) is 36.0 Å². The largest absolute Gasteiger partial charge is 0.115 e. The van der Waals surface area contributed by atoms with E-state index in [1.165, 1.54) is 0 Å². The van der Waals surface area contributed by atoms with Gasteiger partial charge in [-0.15, -0.1) is 6.42 Å². The number of hydrogen-bond acceptors (Lipinski definition) is 0. The SMILES string of the molecule is C#CC(/C=C\C(=C)CC)=C/C. The molecular weight excluding hydrogens is 132 g/mol. The first-order valence-corrected chi connectivity index (χ1v) is 3.73. The molecule has 0 heteroatoms. The van der Waals surface area contributed by atoms with E-state index < -0.39 is 0 Å². The predicted molar refractivity (Wildman–Crippen MR) is 51.2 cm³/mol. The summed E-state index contributed by atoms with van der Waals surface area (Å²) in [7, 11) is 0. The molecule has 0 radical (unpaired) electrons. The standard InChI is InChI=1S/C11H14/c1-5-10(4)8-9-11(6-2)7-3/h2,7-9H,4-5H2,1,3H3/b9-8-,11-7-. The van der Waals surface area contributed by atoms with Gasteiger partial charge < -0.3 is 0 Å². The highest BCUT2D eigenvalue weighted by atomic mass is 13.9. The zero-order chi connectivity index (χ0) is 8.69. The van der Waals surface area contributed by atoms with Crippen molar-refractivity contribution in [1.82, 2.24) is 0 Å². The van der Waals surface area contributed by atoms with Gasteiger partial charge in [-0.1, -0.05) is 37.1 Å². The highest BCUT2D eigenvalue weighted by Crippen LogP contribution is 2.01. The van der Waals surface area contributed by atoms with E-state index in [0.29, 0.717) is 0 Å². The minimum absolute atomic E-state index is 0.902. The van der Waals surface area contributed by atoms with Gasteiger partial charge in [-0.2, -0.15) is 0 Å². The molecule has 0 aliphatic heterocycles. The topological polar surface area (TPSA) is 0 Å². The second-order valence-corrected chi connectivity index (χ2v) is 2.23. The van der Waals surface area contributed by atoms with Crippen molar-refractivity contribution in [2.75, 3.05) is 0 Å². The van der Waals surface area contributed by atoms with Crippen LogP contribution in [-0.2, 0) is 0 Å². The Kier molecular flexibility index (Phi) is 4.94. The molecule has 0 aromatic heterocycles. The summed E-state index contributed by atoms with van der Waals surface area (Å²) in [5.74, 6) is 2.56. The van der Waals surface area contributed by atoms with Gasteiger partial charge in [0, 0.05) is 5.57 Å². The van der Waals surface area contributed by atoms with Crippen LogP contribution in [0, 0.1) is 12.3 Å². The third kappa shape index (κ3) is 4.22. The summed E-state index contributed by atoms with van der Waals surface area (Å²) in [5.41, 5.74) is 2.00. The molecule has 0 spiro atoms. The Morgan fingerprint density at radius 3 is 2.55 bits per heavy atom. The fourth-order valence-corrected chi connectivity index (χ4v) is 0.553. The van der Waals surface area contributed by atoms with Gasteiger partial charge in [0.15, 0.2) is 0 Å². The normalized spacial score (nSPS) is 11.5. The summed E-state index contributed by atoms with van der Waals surface area (Å²) >= 11 is 0. The lowest BCUT2D eigenvalue weighted by atomic mass is 10.1. The van der Waals surface area contributed by atoms with Crippen LogP contribution in [0.4, 0.5) is 0 Å². The van der Waals surface area contributed by atoms with E-state index in [9.17, 15) is 0 Å². The Morgan fingerprint density at radius 1 is 1.55 bits per heavy atom. The van der Waals surface area contributed by atoms with Crippen LogP contribution >= 0.6 is 0 Å². The predicted octanol–water partition coefficient (Wildman–Crippen LogP) is 3.09. The van der Waals surface area contributed by atoms with Crippen LogP contribution in [0.2, 0.25) is 0 Å². The molecule has 0 aliphatic rings. The average Bonchev–Trinajstić information content (AvgIpc) is 2.06. The summed E-state index contributed by atoms with van der Waals surface area (Å²) in [4.78, 5) is 0. The lowest BCUT2D eigenvalue weighted by molar-refractivity contribution is 1.16. The average molecular weight is 146 g/mol. The van der Waals surface area contributed by atoms with Gasteiger partial charge in [0.2, 0.25) is 0 Å². The molecule has 0 N–H and O–H groups in total. The van der Waals surface area contributed by atoms with E-state index in [-0.39, 0.29) is 0 Å². The molecule has 0 fully saturated rings. The molecule has 0 rings (SSSR count). The molecule has 0 aliphatic carbocycles. The van der Waals surface area contributed by atoms with E-state index in [1.54, 1.807) is 0 Å². The first kappa shape index (κ1) is 9.78. The lowest BCUT2D eigenvalue weighted by Crippen LogP contribution is -1.72. The number of allylic oxidation sites excluding steroid dienone is 5. The van der Waals surface area contributed by atoms with Gasteiger partial charge in [-0.25, -0.2) is 0 Å². The van der Waals surface area contributed by atoms with Gasteiger partial charge >= 0.3 is 0 Å². The van der Waals surface area contributed by atoms with E-state index in [1.807, 2.05) is 25.2 Å². The summed E-state index contributed by atoms with van der Waals surface area (Å²) in [6.45, 7) is 7.82. The molecule has 11 heavy (non-hydrogen) atoms. The molecule has 0 saturated heterocycles. The highest BCUT2D eigenvalue weighted by Gasteiger charge is 1.83. The maximum atomic E-state index is 5.21. The summed E-state index contributed by atoms with van der Waals surface area (Å²) in [5, 5.41) is 0. The molecule has 0 bridgehead atoms. The van der Waals surface area contributed by atoms with Crippen molar-refractivity contribution >= 4 is 0 Å². The molecule has 58 valence electrons. The van der Waals surface area contributed by atoms with Gasteiger partial charge in [0.25, 0.3) is 0 Å². The Balaban J connectivity index is 4.15. The zero-order valence-electron chi connectivity index (χ0n) is 7.22. The van der Waals surface area contributed by atoms with Crippen molar-refractivity contribution in [1.29, 1.82) is 0 Å². The molecule has 0 aromatic carbocycles. The lowest BCUT2D eigenvalue weighted by Gasteiger charge is -1.90. The Morgan fingerprint density at radius 2 is 2.18 bits per heavy atom. The van der Waals surface area contributed by atoms with Crippen LogP contribution < -0.4 is 0 Å². The molecule has 0 nitrogen and oxygen atoms in total. The summed E-state index contributed by atoms with van der Waals surface area (Å²) in [6.07, 6.45) is 11.9. The molecule has 0 unspecified atom stereocenters. The van der Waals surface area contributed by atoms with E-state index >= 15 is 0 Å². The van der Waals surface area contributed by atoms with Crippen molar-refractivity contribution in [2.45, 2.75) is 20.3 Å². The minimum Gasteiger partial charge on any atom is -0.115 e. The molecule has 0 saturated carbocycles. The van der Waals surface area contributed by atoms with Crippen molar-refractivity contribution in [2.24, 2.45) is 0 Å². The van der Waals surface area contributed by atoms with Crippen molar-refractivity contribution < 1.29 is 0 Å². The Labute approximate surface area is 69.3 Å². The van der Waals surface area contributed by atoms with Gasteiger partial charge in [0.05, 0.1) is 0 Å². The zero-order valence-corrected chi connectivity index (χ0v) is 7.22. The smallest absolute Gasteiger partial charge is 0.0200 e. The first-order valence-electron chi connectivity index (χ1n) is 3.73. The van der Waals surface area contributed by atoms with Crippen molar-refractivity contribution in [3.63, 3.8) is 0 Å². The Bertz CT molecular complexity index is 221. The maximum absolute atomic E-state index is 5.21. The van der Waals surface area contributed by atoms with Gasteiger partial charge in [-0.05, 0) is 19.4 Å². The highest BCUT2D eigenvalue weighted by molar-refractivity contribution is 5.38.